The zero-order chi connectivity index (χ0) is 11.1. The summed E-state index contributed by atoms with van der Waals surface area (Å²) in [5, 5.41) is 0. The molecule has 2 aromatic rings. The van der Waals surface area contributed by atoms with E-state index in [2.05, 4.69) is 16.5 Å². The summed E-state index contributed by atoms with van der Waals surface area (Å²) >= 11 is 0. The van der Waals surface area contributed by atoms with Crippen LogP contribution in [0.15, 0.2) is 30.6 Å². The van der Waals surface area contributed by atoms with Crippen LogP contribution in [0.5, 0.6) is 0 Å². The van der Waals surface area contributed by atoms with E-state index in [0.29, 0.717) is 6.04 Å². The van der Waals surface area contributed by atoms with E-state index in [9.17, 15) is 4.39 Å². The van der Waals surface area contributed by atoms with Gasteiger partial charge in [-0.3, -0.25) is 0 Å². The zero-order valence-corrected chi connectivity index (χ0v) is 9.15. The predicted molar refractivity (Wildman–Crippen MR) is 60.6 cm³/mol. The fourth-order valence-electron chi connectivity index (χ4n) is 2.03. The topological polar surface area (TPSA) is 17.8 Å². The van der Waals surface area contributed by atoms with Crippen molar-refractivity contribution in [2.45, 2.75) is 25.8 Å². The van der Waals surface area contributed by atoms with Gasteiger partial charge in [-0.15, -0.1) is 0 Å². The molecule has 0 radical (unpaired) electrons. The van der Waals surface area contributed by atoms with Crippen molar-refractivity contribution in [3.63, 3.8) is 0 Å². The minimum atomic E-state index is -0.206. The molecule has 1 aliphatic carbocycles. The monoisotopic (exact) mass is 216 g/mol. The summed E-state index contributed by atoms with van der Waals surface area (Å²) in [4.78, 5) is 4.42. The lowest BCUT2D eigenvalue weighted by Crippen LogP contribution is -1.94. The molecule has 1 heterocycles. The van der Waals surface area contributed by atoms with Gasteiger partial charge in [0.25, 0.3) is 0 Å². The Kier molecular flexibility index (Phi) is 2.06. The van der Waals surface area contributed by atoms with Gasteiger partial charge in [0.15, 0.2) is 0 Å². The van der Waals surface area contributed by atoms with E-state index in [1.165, 1.54) is 30.7 Å². The summed E-state index contributed by atoms with van der Waals surface area (Å²) < 4.78 is 15.0. The number of halogens is 1. The second-order valence-electron chi connectivity index (χ2n) is 4.32. The van der Waals surface area contributed by atoms with Crippen molar-refractivity contribution in [1.29, 1.82) is 0 Å². The molecule has 16 heavy (non-hydrogen) atoms. The maximum absolute atomic E-state index is 12.8. The minimum absolute atomic E-state index is 0.206. The van der Waals surface area contributed by atoms with Crippen molar-refractivity contribution in [1.82, 2.24) is 9.55 Å². The van der Waals surface area contributed by atoms with Crippen molar-refractivity contribution in [2.24, 2.45) is 0 Å². The average molecular weight is 216 g/mol. The van der Waals surface area contributed by atoms with Crippen LogP contribution in [0.4, 0.5) is 4.39 Å². The minimum Gasteiger partial charge on any atom is -0.331 e. The van der Waals surface area contributed by atoms with Gasteiger partial charge in [0.2, 0.25) is 0 Å². The van der Waals surface area contributed by atoms with Crippen LogP contribution < -0.4 is 0 Å². The Bertz CT molecular complexity index is 509. The van der Waals surface area contributed by atoms with Crippen LogP contribution in [0, 0.1) is 12.7 Å². The number of aromatic nitrogens is 2. The first-order chi connectivity index (χ1) is 7.75. The van der Waals surface area contributed by atoms with Crippen molar-refractivity contribution >= 4 is 0 Å². The van der Waals surface area contributed by atoms with Gasteiger partial charge in [-0.05, 0) is 44.0 Å². The predicted octanol–water partition coefficient (Wildman–Crippen LogP) is 3.33. The first-order valence-electron chi connectivity index (χ1n) is 5.55. The fourth-order valence-corrected chi connectivity index (χ4v) is 2.03. The van der Waals surface area contributed by atoms with Crippen LogP contribution in [0.2, 0.25) is 0 Å². The van der Waals surface area contributed by atoms with Gasteiger partial charge < -0.3 is 4.57 Å². The van der Waals surface area contributed by atoms with E-state index >= 15 is 0 Å². The highest BCUT2D eigenvalue weighted by Crippen LogP contribution is 2.37. The van der Waals surface area contributed by atoms with E-state index in [1.54, 1.807) is 12.1 Å². The Morgan fingerprint density at radius 1 is 1.25 bits per heavy atom. The maximum atomic E-state index is 12.8. The highest BCUT2D eigenvalue weighted by molar-refractivity contribution is 5.61. The molecule has 1 saturated carbocycles. The third-order valence-electron chi connectivity index (χ3n) is 3.10. The molecule has 3 rings (SSSR count). The molecule has 0 bridgehead atoms. The molecule has 1 fully saturated rings. The molecular formula is C13H13FN2. The van der Waals surface area contributed by atoms with Crippen molar-refractivity contribution in [3.8, 4) is 11.3 Å². The van der Waals surface area contributed by atoms with Gasteiger partial charge in [0.05, 0.1) is 12.0 Å². The SMILES string of the molecule is Cc1c(-c2ccc(F)cc2)ncn1C1CC1. The smallest absolute Gasteiger partial charge is 0.123 e. The molecule has 0 aliphatic heterocycles. The fraction of sp³-hybridized carbons (Fsp3) is 0.308. The van der Waals surface area contributed by atoms with Gasteiger partial charge in [-0.1, -0.05) is 0 Å². The molecule has 0 atom stereocenters. The first kappa shape index (κ1) is 9.58. The molecule has 0 amide bonds. The van der Waals surface area contributed by atoms with E-state index < -0.39 is 0 Å². The highest BCUT2D eigenvalue weighted by Gasteiger charge is 2.25. The van der Waals surface area contributed by atoms with Crippen molar-refractivity contribution in [3.05, 3.63) is 42.1 Å². The van der Waals surface area contributed by atoms with Gasteiger partial charge in [-0.2, -0.15) is 0 Å². The lowest BCUT2D eigenvalue weighted by Gasteiger charge is -2.03. The Morgan fingerprint density at radius 2 is 1.94 bits per heavy atom. The molecule has 0 spiro atoms. The Morgan fingerprint density at radius 3 is 2.56 bits per heavy atom. The quantitative estimate of drug-likeness (QED) is 0.752. The van der Waals surface area contributed by atoms with Gasteiger partial charge >= 0.3 is 0 Å². The number of hydrogen-bond acceptors (Lipinski definition) is 1. The number of imidazole rings is 1. The molecule has 2 nitrogen and oxygen atoms in total. The largest absolute Gasteiger partial charge is 0.331 e. The number of rotatable bonds is 2. The number of hydrogen-bond donors (Lipinski definition) is 0. The lowest BCUT2D eigenvalue weighted by atomic mass is 10.1. The summed E-state index contributed by atoms with van der Waals surface area (Å²) in [6.07, 6.45) is 4.39. The summed E-state index contributed by atoms with van der Waals surface area (Å²) in [6, 6.07) is 7.15. The average Bonchev–Trinajstić information content (AvgIpc) is 3.05. The molecule has 1 aromatic carbocycles. The summed E-state index contributed by atoms with van der Waals surface area (Å²) in [6.45, 7) is 2.07. The number of nitrogens with zero attached hydrogens (tertiary/aromatic N) is 2. The van der Waals surface area contributed by atoms with Crippen LogP contribution in [-0.4, -0.2) is 9.55 Å². The van der Waals surface area contributed by atoms with Crippen LogP contribution in [-0.2, 0) is 0 Å². The molecule has 0 N–H and O–H groups in total. The molecule has 3 heteroatoms. The standard InChI is InChI=1S/C13H13FN2/c1-9-13(10-2-4-11(14)5-3-10)15-8-16(9)12-6-7-12/h2-5,8,12H,6-7H2,1H3. The molecular weight excluding hydrogens is 203 g/mol. The molecule has 1 aliphatic rings. The number of benzene rings is 1. The second kappa shape index (κ2) is 3.44. The van der Waals surface area contributed by atoms with Crippen molar-refractivity contribution < 1.29 is 4.39 Å². The normalized spacial score (nSPS) is 15.4. The van der Waals surface area contributed by atoms with E-state index in [0.717, 1.165) is 11.3 Å². The van der Waals surface area contributed by atoms with Gasteiger partial charge in [0, 0.05) is 17.3 Å². The Hall–Kier alpha value is -1.64. The first-order valence-corrected chi connectivity index (χ1v) is 5.55. The summed E-state index contributed by atoms with van der Waals surface area (Å²) in [5.41, 5.74) is 3.12. The lowest BCUT2D eigenvalue weighted by molar-refractivity contribution is 0.628. The molecule has 1 aromatic heterocycles. The van der Waals surface area contributed by atoms with E-state index in [4.69, 9.17) is 0 Å². The third kappa shape index (κ3) is 1.52. The van der Waals surface area contributed by atoms with Crippen LogP contribution >= 0.6 is 0 Å². The van der Waals surface area contributed by atoms with Crippen LogP contribution in [0.25, 0.3) is 11.3 Å². The van der Waals surface area contributed by atoms with Gasteiger partial charge in [0.1, 0.15) is 5.82 Å². The van der Waals surface area contributed by atoms with E-state index in [1.807, 2.05) is 6.33 Å². The van der Waals surface area contributed by atoms with Gasteiger partial charge in [-0.25, -0.2) is 9.37 Å². The maximum Gasteiger partial charge on any atom is 0.123 e. The highest BCUT2D eigenvalue weighted by atomic mass is 19.1. The summed E-state index contributed by atoms with van der Waals surface area (Å²) in [7, 11) is 0. The van der Waals surface area contributed by atoms with Crippen LogP contribution in [0.3, 0.4) is 0 Å². The molecule has 82 valence electrons. The molecule has 0 saturated heterocycles. The third-order valence-corrected chi connectivity index (χ3v) is 3.10. The second-order valence-corrected chi connectivity index (χ2v) is 4.32. The van der Waals surface area contributed by atoms with E-state index in [-0.39, 0.29) is 5.82 Å². The summed E-state index contributed by atoms with van der Waals surface area (Å²) in [5.74, 6) is -0.206. The van der Waals surface area contributed by atoms with Crippen molar-refractivity contribution in [2.75, 3.05) is 0 Å². The zero-order valence-electron chi connectivity index (χ0n) is 9.15. The Labute approximate surface area is 93.7 Å². The van der Waals surface area contributed by atoms with Crippen LogP contribution in [0.1, 0.15) is 24.6 Å². The molecule has 0 unspecified atom stereocenters. The Balaban J connectivity index is 2.02.